The van der Waals surface area contributed by atoms with E-state index >= 15 is 0 Å². The van der Waals surface area contributed by atoms with E-state index in [1.165, 1.54) is 27.4 Å². The number of nitrogens with zero attached hydrogens (tertiary/aromatic N) is 4. The maximum Gasteiger partial charge on any atom is 0.167 e. The number of rotatable bonds is 6. The molecule has 294 valence electrons. The Morgan fingerprint density at radius 1 is 0.317 bits per heavy atom. The van der Waals surface area contributed by atoms with Crippen molar-refractivity contribution in [2.45, 2.75) is 0 Å². The van der Waals surface area contributed by atoms with Crippen LogP contribution >= 0.6 is 0 Å². The fourth-order valence-electron chi connectivity index (χ4n) is 9.31. The zero-order valence-electron chi connectivity index (χ0n) is 33.7. The predicted octanol–water partition coefficient (Wildman–Crippen LogP) is 15.1. The SMILES string of the molecule is c1ccc(-c2nc(-c3cccc4c3oc3ccccc34)nc(-c3cccc4oc5ccc(-c6ccc(-c7ccc8c(c7)c7ccccc7n8-c7ccccc7)cc6)cc5c34)n2)cc1. The molecule has 0 saturated heterocycles. The lowest BCUT2D eigenvalue weighted by Crippen LogP contribution is -2.00. The van der Waals surface area contributed by atoms with Crippen molar-refractivity contribution < 1.29 is 8.83 Å². The van der Waals surface area contributed by atoms with Crippen LogP contribution in [0.5, 0.6) is 0 Å². The van der Waals surface area contributed by atoms with Crippen molar-refractivity contribution in [3.8, 4) is 62.1 Å². The van der Waals surface area contributed by atoms with Gasteiger partial charge < -0.3 is 13.4 Å². The first kappa shape index (κ1) is 35.2. The molecule has 4 heterocycles. The molecule has 0 radical (unpaired) electrons. The lowest BCUT2D eigenvalue weighted by Gasteiger charge is -2.10. The standard InChI is InChI=1S/C57H34N4O2/c1-3-13-37(14-4-1)55-58-56(60-57(59-55)45-21-11-19-43-42-18-8-10-23-50(42)63-54(43)45)44-20-12-24-52-53(44)47-34-39(30-32-51(47)62-52)36-27-25-35(26-28-36)38-29-31-49-46(33-38)41-17-7-9-22-48(41)61(49)40-15-5-2-6-16-40/h1-34H. The summed E-state index contributed by atoms with van der Waals surface area (Å²) in [7, 11) is 0. The van der Waals surface area contributed by atoms with Gasteiger partial charge in [0.1, 0.15) is 22.3 Å². The largest absolute Gasteiger partial charge is 0.456 e. The van der Waals surface area contributed by atoms with Crippen LogP contribution in [0.3, 0.4) is 0 Å². The molecule has 63 heavy (non-hydrogen) atoms. The van der Waals surface area contributed by atoms with Gasteiger partial charge in [0.15, 0.2) is 17.5 Å². The number of hydrogen-bond acceptors (Lipinski definition) is 5. The molecule has 0 N–H and O–H groups in total. The molecular weight excluding hydrogens is 773 g/mol. The Balaban J connectivity index is 0.916. The summed E-state index contributed by atoms with van der Waals surface area (Å²) in [6.07, 6.45) is 0. The Morgan fingerprint density at radius 2 is 0.873 bits per heavy atom. The van der Waals surface area contributed by atoms with Crippen molar-refractivity contribution in [1.82, 2.24) is 19.5 Å². The van der Waals surface area contributed by atoms with Crippen LogP contribution in [0.15, 0.2) is 215 Å². The second-order valence-electron chi connectivity index (χ2n) is 15.9. The van der Waals surface area contributed by atoms with Gasteiger partial charge in [0, 0.05) is 49.1 Å². The van der Waals surface area contributed by atoms with Crippen LogP contribution in [-0.2, 0) is 0 Å². The van der Waals surface area contributed by atoms with E-state index in [2.05, 4.69) is 138 Å². The van der Waals surface area contributed by atoms with Gasteiger partial charge in [-0.15, -0.1) is 0 Å². The molecule has 0 bridgehead atoms. The van der Waals surface area contributed by atoms with Crippen molar-refractivity contribution in [3.05, 3.63) is 206 Å². The van der Waals surface area contributed by atoms with Crippen LogP contribution in [-0.4, -0.2) is 19.5 Å². The molecule has 0 unspecified atom stereocenters. The highest BCUT2D eigenvalue weighted by Gasteiger charge is 2.21. The van der Waals surface area contributed by atoms with Gasteiger partial charge in [-0.05, 0) is 82.9 Å². The Hall–Kier alpha value is -8.61. The summed E-state index contributed by atoms with van der Waals surface area (Å²) in [5.41, 5.74) is 13.8. The highest BCUT2D eigenvalue weighted by Crippen LogP contribution is 2.41. The quantitative estimate of drug-likeness (QED) is 0.167. The molecule has 0 aliphatic rings. The zero-order valence-corrected chi connectivity index (χ0v) is 33.7. The highest BCUT2D eigenvalue weighted by molar-refractivity contribution is 6.14. The maximum atomic E-state index is 6.51. The maximum absolute atomic E-state index is 6.51. The Labute approximate surface area is 361 Å². The van der Waals surface area contributed by atoms with Gasteiger partial charge in [0.2, 0.25) is 0 Å². The minimum absolute atomic E-state index is 0.537. The molecule has 0 atom stereocenters. The molecule has 0 amide bonds. The van der Waals surface area contributed by atoms with Gasteiger partial charge >= 0.3 is 0 Å². The van der Waals surface area contributed by atoms with Crippen molar-refractivity contribution in [1.29, 1.82) is 0 Å². The van der Waals surface area contributed by atoms with Crippen LogP contribution in [0, 0.1) is 0 Å². The van der Waals surface area contributed by atoms with Gasteiger partial charge in [-0.2, -0.15) is 0 Å². The van der Waals surface area contributed by atoms with Gasteiger partial charge in [-0.25, -0.2) is 15.0 Å². The van der Waals surface area contributed by atoms with E-state index in [1.807, 2.05) is 72.8 Å². The minimum atomic E-state index is 0.537. The first-order chi connectivity index (χ1) is 31.2. The molecule has 13 aromatic rings. The number of hydrogen-bond donors (Lipinski definition) is 0. The second-order valence-corrected chi connectivity index (χ2v) is 15.9. The third-order valence-corrected chi connectivity index (χ3v) is 12.3. The summed E-state index contributed by atoms with van der Waals surface area (Å²) < 4.78 is 15.3. The lowest BCUT2D eigenvalue weighted by molar-refractivity contribution is 0.668. The molecule has 6 nitrogen and oxygen atoms in total. The minimum Gasteiger partial charge on any atom is -0.456 e. The molecule has 0 aliphatic heterocycles. The Kier molecular flexibility index (Phi) is 7.80. The van der Waals surface area contributed by atoms with Crippen LogP contribution in [0.4, 0.5) is 0 Å². The fourth-order valence-corrected chi connectivity index (χ4v) is 9.31. The molecule has 0 saturated carbocycles. The normalized spacial score (nSPS) is 11.8. The number of benzene rings is 9. The molecule has 13 rings (SSSR count). The first-order valence-corrected chi connectivity index (χ1v) is 21.1. The molecule has 6 heteroatoms. The average molecular weight is 807 g/mol. The monoisotopic (exact) mass is 806 g/mol. The van der Waals surface area contributed by atoms with Crippen molar-refractivity contribution in [2.24, 2.45) is 0 Å². The third-order valence-electron chi connectivity index (χ3n) is 12.3. The van der Waals surface area contributed by atoms with Gasteiger partial charge in [0.25, 0.3) is 0 Å². The third kappa shape index (κ3) is 5.69. The smallest absolute Gasteiger partial charge is 0.167 e. The van der Waals surface area contributed by atoms with Crippen molar-refractivity contribution >= 4 is 65.7 Å². The van der Waals surface area contributed by atoms with Crippen LogP contribution < -0.4 is 0 Å². The zero-order chi connectivity index (χ0) is 41.4. The second kappa shape index (κ2) is 14.0. The molecule has 0 fully saturated rings. The molecule has 0 spiro atoms. The lowest BCUT2D eigenvalue weighted by atomic mass is 9.97. The number of fused-ring (bicyclic) bond motifs is 9. The van der Waals surface area contributed by atoms with E-state index in [-0.39, 0.29) is 0 Å². The van der Waals surface area contributed by atoms with Crippen molar-refractivity contribution in [3.63, 3.8) is 0 Å². The molecule has 4 aromatic heterocycles. The molecular formula is C57H34N4O2. The van der Waals surface area contributed by atoms with Gasteiger partial charge in [-0.3, -0.25) is 0 Å². The summed E-state index contributed by atoms with van der Waals surface area (Å²) >= 11 is 0. The van der Waals surface area contributed by atoms with E-state index in [0.717, 1.165) is 82.9 Å². The number of aromatic nitrogens is 4. The van der Waals surface area contributed by atoms with Crippen LogP contribution in [0.1, 0.15) is 0 Å². The summed E-state index contributed by atoms with van der Waals surface area (Å²) in [5.74, 6) is 1.67. The Bertz CT molecular complexity index is 3900. The van der Waals surface area contributed by atoms with E-state index in [4.69, 9.17) is 23.8 Å². The molecule has 9 aromatic carbocycles. The summed E-state index contributed by atoms with van der Waals surface area (Å²) in [6, 6.07) is 71.7. The molecule has 0 aliphatic carbocycles. The van der Waals surface area contributed by atoms with E-state index in [1.54, 1.807) is 0 Å². The van der Waals surface area contributed by atoms with E-state index < -0.39 is 0 Å². The topological polar surface area (TPSA) is 69.9 Å². The van der Waals surface area contributed by atoms with E-state index in [0.29, 0.717) is 17.5 Å². The van der Waals surface area contributed by atoms with Gasteiger partial charge in [-0.1, -0.05) is 146 Å². The number of para-hydroxylation sites is 4. The predicted molar refractivity (Wildman–Crippen MR) is 256 cm³/mol. The van der Waals surface area contributed by atoms with Crippen LogP contribution in [0.25, 0.3) is 128 Å². The first-order valence-electron chi connectivity index (χ1n) is 21.1. The summed E-state index contributed by atoms with van der Waals surface area (Å²) in [6.45, 7) is 0. The summed E-state index contributed by atoms with van der Waals surface area (Å²) in [4.78, 5) is 15.4. The van der Waals surface area contributed by atoms with E-state index in [9.17, 15) is 0 Å². The number of furan rings is 2. The van der Waals surface area contributed by atoms with Crippen LogP contribution in [0.2, 0.25) is 0 Å². The highest BCUT2D eigenvalue weighted by atomic mass is 16.3. The van der Waals surface area contributed by atoms with Gasteiger partial charge in [0.05, 0.1) is 16.6 Å². The summed E-state index contributed by atoms with van der Waals surface area (Å²) in [5, 5.41) is 6.48. The average Bonchev–Trinajstić information content (AvgIpc) is 4.04. The Morgan fingerprint density at radius 3 is 1.68 bits per heavy atom. The van der Waals surface area contributed by atoms with Crippen molar-refractivity contribution in [2.75, 3.05) is 0 Å². The fraction of sp³-hybridized carbons (Fsp3) is 0.